The number of carbonyl (C=O) groups excluding carboxylic acids is 1. The van der Waals surface area contributed by atoms with Crippen molar-refractivity contribution >= 4 is 32.5 Å². The molecule has 0 spiro atoms. The molecule has 1 aliphatic heterocycles. The van der Waals surface area contributed by atoms with Crippen molar-refractivity contribution in [1.29, 1.82) is 0 Å². The average Bonchev–Trinajstić information content (AvgIpc) is 3.18. The summed E-state index contributed by atoms with van der Waals surface area (Å²) in [5, 5.41) is 2.59. The van der Waals surface area contributed by atoms with Crippen LogP contribution in [0.1, 0.15) is 24.3 Å². The number of hydrogen-bond donors (Lipinski definition) is 0. The molecule has 1 amide bonds. The monoisotopic (exact) mass is 429 g/mol. The van der Waals surface area contributed by atoms with Gasteiger partial charge in [-0.1, -0.05) is 12.1 Å². The van der Waals surface area contributed by atoms with E-state index in [-0.39, 0.29) is 17.6 Å². The molecule has 1 aromatic carbocycles. The lowest BCUT2D eigenvalue weighted by Gasteiger charge is -2.30. The van der Waals surface area contributed by atoms with Crippen LogP contribution < -0.4 is 9.08 Å². The lowest BCUT2D eigenvalue weighted by molar-refractivity contribution is -0.121. The van der Waals surface area contributed by atoms with Crippen LogP contribution in [-0.2, 0) is 14.9 Å². The van der Waals surface area contributed by atoms with Gasteiger partial charge in [0.2, 0.25) is 5.91 Å². The Bertz CT molecular complexity index is 1130. The number of amides is 1. The van der Waals surface area contributed by atoms with Gasteiger partial charge in [-0.15, -0.1) is 11.3 Å². The molecule has 1 atom stereocenters. The van der Waals surface area contributed by atoms with Crippen LogP contribution >= 0.6 is 11.3 Å². The first-order chi connectivity index (χ1) is 13.9. The van der Waals surface area contributed by atoms with Gasteiger partial charge in [0.05, 0.1) is 17.9 Å². The second kappa shape index (κ2) is 7.92. The van der Waals surface area contributed by atoms with Crippen LogP contribution in [0.2, 0.25) is 0 Å². The largest absolute Gasteiger partial charge is 0.383 e. The third-order valence-electron chi connectivity index (χ3n) is 4.65. The van der Waals surface area contributed by atoms with Crippen LogP contribution in [0.5, 0.6) is 5.75 Å². The van der Waals surface area contributed by atoms with Gasteiger partial charge in [0.1, 0.15) is 5.75 Å². The molecule has 3 heterocycles. The summed E-state index contributed by atoms with van der Waals surface area (Å²) in [4.78, 5) is 23.6. The molecule has 150 valence electrons. The van der Waals surface area contributed by atoms with Gasteiger partial charge in [-0.2, -0.15) is 8.42 Å². The molecule has 3 aromatic rings. The minimum Gasteiger partial charge on any atom is -0.383 e. The van der Waals surface area contributed by atoms with Gasteiger partial charge < -0.3 is 4.18 Å². The van der Waals surface area contributed by atoms with Crippen LogP contribution in [0, 0.1) is 0 Å². The molecule has 2 aromatic heterocycles. The summed E-state index contributed by atoms with van der Waals surface area (Å²) in [5.41, 5.74) is 2.51. The normalized spacial score (nSPS) is 17.3. The zero-order chi connectivity index (χ0) is 20.4. The summed E-state index contributed by atoms with van der Waals surface area (Å²) in [7, 11) is -3.62. The van der Waals surface area contributed by atoms with Crippen molar-refractivity contribution in [1.82, 2.24) is 9.97 Å². The second-order valence-electron chi connectivity index (χ2n) is 6.80. The summed E-state index contributed by atoms with van der Waals surface area (Å²) in [6.07, 6.45) is 5.94. The molecule has 4 rings (SSSR count). The number of pyridine rings is 1. The molecule has 1 fully saturated rings. The fourth-order valence-corrected chi connectivity index (χ4v) is 4.69. The van der Waals surface area contributed by atoms with Gasteiger partial charge in [-0.05, 0) is 42.7 Å². The molecular formula is C20H19N3O4S2. The second-order valence-corrected chi connectivity index (χ2v) is 9.21. The fraction of sp³-hybridized carbons (Fsp3) is 0.250. The molecule has 29 heavy (non-hydrogen) atoms. The standard InChI is InChI=1S/C20H19N3O4S2/c1-29(25,26)27-16-5-2-4-15(12-16)17-6-3-11-23(19(17)24)20-22-18(13-28-20)14-7-9-21-10-8-14/h2,4-5,7-10,12-13,17H,3,6,11H2,1H3. The molecule has 0 bridgehead atoms. The summed E-state index contributed by atoms with van der Waals surface area (Å²) in [6.45, 7) is 0.609. The number of piperidine rings is 1. The van der Waals surface area contributed by atoms with E-state index >= 15 is 0 Å². The maximum Gasteiger partial charge on any atom is 0.306 e. The molecule has 7 nitrogen and oxygen atoms in total. The van der Waals surface area contributed by atoms with Gasteiger partial charge in [0, 0.05) is 29.9 Å². The Morgan fingerprint density at radius 3 is 2.76 bits per heavy atom. The van der Waals surface area contributed by atoms with Crippen LogP contribution in [-0.4, -0.2) is 37.1 Å². The Morgan fingerprint density at radius 2 is 2.00 bits per heavy atom. The number of nitrogens with zero attached hydrogens (tertiary/aromatic N) is 3. The highest BCUT2D eigenvalue weighted by Crippen LogP contribution is 2.35. The van der Waals surface area contributed by atoms with Crippen LogP contribution in [0.15, 0.2) is 54.2 Å². The predicted octanol–water partition coefficient (Wildman–Crippen LogP) is 3.45. The molecule has 1 unspecified atom stereocenters. The molecule has 1 aliphatic rings. The maximum atomic E-state index is 13.2. The number of rotatable bonds is 5. The first kappa shape index (κ1) is 19.5. The number of benzene rings is 1. The Morgan fingerprint density at radius 1 is 1.21 bits per heavy atom. The van der Waals surface area contributed by atoms with Crippen molar-refractivity contribution in [2.45, 2.75) is 18.8 Å². The number of anilines is 1. The van der Waals surface area contributed by atoms with Gasteiger partial charge in [-0.25, -0.2) is 4.98 Å². The van der Waals surface area contributed by atoms with E-state index in [1.165, 1.54) is 11.3 Å². The van der Waals surface area contributed by atoms with E-state index < -0.39 is 10.1 Å². The Labute approximate surface area is 173 Å². The van der Waals surface area contributed by atoms with E-state index in [4.69, 9.17) is 4.18 Å². The van der Waals surface area contributed by atoms with Gasteiger partial charge in [-0.3, -0.25) is 14.7 Å². The Balaban J connectivity index is 1.58. The van der Waals surface area contributed by atoms with Crippen LogP contribution in [0.3, 0.4) is 0 Å². The topological polar surface area (TPSA) is 89.5 Å². The lowest BCUT2D eigenvalue weighted by Crippen LogP contribution is -2.40. The maximum absolute atomic E-state index is 13.2. The van der Waals surface area contributed by atoms with Crippen LogP contribution in [0.25, 0.3) is 11.3 Å². The van der Waals surface area contributed by atoms with Crippen molar-refractivity contribution in [3.05, 3.63) is 59.7 Å². The minimum atomic E-state index is -3.62. The quantitative estimate of drug-likeness (QED) is 0.577. The number of thiazole rings is 1. The highest BCUT2D eigenvalue weighted by atomic mass is 32.2. The zero-order valence-corrected chi connectivity index (χ0v) is 17.3. The third kappa shape index (κ3) is 4.46. The smallest absolute Gasteiger partial charge is 0.306 e. The van der Waals surface area contributed by atoms with Crippen molar-refractivity contribution in [2.24, 2.45) is 0 Å². The summed E-state index contributed by atoms with van der Waals surface area (Å²) in [6, 6.07) is 10.5. The van der Waals surface area contributed by atoms with Gasteiger partial charge in [0.15, 0.2) is 5.13 Å². The van der Waals surface area contributed by atoms with E-state index in [0.717, 1.165) is 29.5 Å². The number of carbonyl (C=O) groups is 1. The first-order valence-corrected chi connectivity index (χ1v) is 11.8. The van der Waals surface area contributed by atoms with Crippen molar-refractivity contribution in [2.75, 3.05) is 17.7 Å². The summed E-state index contributed by atoms with van der Waals surface area (Å²) >= 11 is 1.43. The SMILES string of the molecule is CS(=O)(=O)Oc1cccc(C2CCCN(c3nc(-c4ccncc4)cs3)C2=O)c1. The molecule has 9 heteroatoms. The minimum absolute atomic E-state index is 0.0385. The highest BCUT2D eigenvalue weighted by Gasteiger charge is 2.32. The average molecular weight is 430 g/mol. The van der Waals surface area contributed by atoms with Crippen LogP contribution in [0.4, 0.5) is 5.13 Å². The molecular weight excluding hydrogens is 410 g/mol. The predicted molar refractivity (Wildman–Crippen MR) is 112 cm³/mol. The molecule has 0 radical (unpaired) electrons. The van der Waals surface area contributed by atoms with E-state index in [9.17, 15) is 13.2 Å². The molecule has 0 aliphatic carbocycles. The molecule has 0 saturated carbocycles. The highest BCUT2D eigenvalue weighted by molar-refractivity contribution is 7.86. The van der Waals surface area contributed by atoms with Crippen molar-refractivity contribution in [3.63, 3.8) is 0 Å². The Hall–Kier alpha value is -2.78. The lowest BCUT2D eigenvalue weighted by atomic mass is 9.90. The van der Waals surface area contributed by atoms with Crippen molar-refractivity contribution < 1.29 is 17.4 Å². The van der Waals surface area contributed by atoms with Crippen molar-refractivity contribution in [3.8, 4) is 17.0 Å². The van der Waals surface area contributed by atoms with E-state index in [0.29, 0.717) is 18.1 Å². The van der Waals surface area contributed by atoms with E-state index in [1.807, 2.05) is 23.6 Å². The fourth-order valence-electron chi connectivity index (χ4n) is 3.38. The number of hydrogen-bond acceptors (Lipinski definition) is 7. The van der Waals surface area contributed by atoms with Gasteiger partial charge >= 0.3 is 10.1 Å². The third-order valence-corrected chi connectivity index (χ3v) is 6.00. The molecule has 1 saturated heterocycles. The summed E-state index contributed by atoms with van der Waals surface area (Å²) < 4.78 is 27.8. The first-order valence-electron chi connectivity index (χ1n) is 9.07. The summed E-state index contributed by atoms with van der Waals surface area (Å²) in [5.74, 6) is -0.187. The van der Waals surface area contributed by atoms with E-state index in [2.05, 4.69) is 9.97 Å². The number of aromatic nitrogens is 2. The zero-order valence-electron chi connectivity index (χ0n) is 15.7. The molecule has 0 N–H and O–H groups in total. The van der Waals surface area contributed by atoms with E-state index in [1.54, 1.807) is 35.5 Å². The van der Waals surface area contributed by atoms with Gasteiger partial charge in [0.25, 0.3) is 0 Å². The Kier molecular flexibility index (Phi) is 5.33.